The van der Waals surface area contributed by atoms with Crippen LogP contribution in [0, 0.1) is 0 Å². The van der Waals surface area contributed by atoms with Gasteiger partial charge in [-0.25, -0.2) is 19.9 Å². The highest BCUT2D eigenvalue weighted by Gasteiger charge is 2.14. The maximum absolute atomic E-state index is 4.92. The fourth-order valence-corrected chi connectivity index (χ4v) is 6.85. The van der Waals surface area contributed by atoms with Gasteiger partial charge in [0.05, 0.1) is 22.2 Å². The average Bonchev–Trinajstić information content (AvgIpc) is 3.56. The van der Waals surface area contributed by atoms with Gasteiger partial charge in [-0.3, -0.25) is 0 Å². The van der Waals surface area contributed by atoms with E-state index in [1.807, 2.05) is 78.9 Å². The van der Waals surface area contributed by atoms with Crippen LogP contribution < -0.4 is 0 Å². The third-order valence-corrected chi connectivity index (χ3v) is 9.48. The lowest BCUT2D eigenvalue weighted by molar-refractivity contribution is 1.04. The average molecular weight is 680 g/mol. The topological polar surface area (TPSA) is 56.5 Å². The Hall–Kier alpha value is -7.24. The number of para-hydroxylation sites is 3. The van der Waals surface area contributed by atoms with E-state index in [2.05, 4.69) is 120 Å². The van der Waals surface area contributed by atoms with E-state index in [0.29, 0.717) is 17.5 Å². The van der Waals surface area contributed by atoms with Crippen molar-refractivity contribution in [3.8, 4) is 39.6 Å². The molecule has 3 aromatic heterocycles. The first-order valence-electron chi connectivity index (χ1n) is 17.6. The van der Waals surface area contributed by atoms with Gasteiger partial charge in [-0.1, -0.05) is 146 Å². The highest BCUT2D eigenvalue weighted by atomic mass is 15.0. The summed E-state index contributed by atoms with van der Waals surface area (Å²) in [5, 5.41) is 3.55. The second kappa shape index (κ2) is 13.8. The molecule has 0 unspecified atom stereocenters. The Bertz CT molecular complexity index is 2830. The molecule has 5 nitrogen and oxygen atoms in total. The first kappa shape index (κ1) is 31.7. The van der Waals surface area contributed by atoms with Crippen LogP contribution in [0.25, 0.3) is 83.9 Å². The lowest BCUT2D eigenvalue weighted by Crippen LogP contribution is -1.99. The van der Waals surface area contributed by atoms with Gasteiger partial charge in [0.25, 0.3) is 0 Å². The summed E-state index contributed by atoms with van der Waals surface area (Å²) in [7, 11) is 0. The Morgan fingerprint density at radius 3 is 1.94 bits per heavy atom. The standard InChI is InChI=1S/C48H33N5/c1-2-33(43-30-28-35-14-9-11-21-42(35)49-43)17-13-23-46-50-47(36-15-5-3-6-16-36)52-48(51-46)37-26-24-34(25-27-37)38-29-31-45-41(32-38)40-20-10-12-22-44(40)53(45)39-18-7-4-8-19-39/h2-32H,1H2/b23-13+,33-17+. The molecule has 0 aliphatic rings. The smallest absolute Gasteiger partial charge is 0.164 e. The molecular formula is C48H33N5. The molecule has 0 aliphatic heterocycles. The van der Waals surface area contributed by atoms with Crippen molar-refractivity contribution in [3.05, 3.63) is 200 Å². The van der Waals surface area contributed by atoms with Crippen molar-refractivity contribution in [1.29, 1.82) is 0 Å². The quantitative estimate of drug-likeness (QED) is 0.150. The number of nitrogens with zero attached hydrogens (tertiary/aromatic N) is 5. The number of fused-ring (bicyclic) bond motifs is 4. The number of rotatable bonds is 8. The number of hydrogen-bond acceptors (Lipinski definition) is 4. The molecule has 0 saturated carbocycles. The lowest BCUT2D eigenvalue weighted by atomic mass is 10.0. The van der Waals surface area contributed by atoms with Gasteiger partial charge in [-0.2, -0.15) is 0 Å². The van der Waals surface area contributed by atoms with Crippen LogP contribution in [0.1, 0.15) is 11.5 Å². The zero-order chi connectivity index (χ0) is 35.6. The van der Waals surface area contributed by atoms with Gasteiger partial charge < -0.3 is 4.57 Å². The van der Waals surface area contributed by atoms with Crippen LogP contribution in [0.2, 0.25) is 0 Å². The maximum Gasteiger partial charge on any atom is 0.164 e. The van der Waals surface area contributed by atoms with E-state index in [1.165, 1.54) is 21.8 Å². The van der Waals surface area contributed by atoms with Crippen molar-refractivity contribution in [1.82, 2.24) is 24.5 Å². The first-order chi connectivity index (χ1) is 26.2. The SMILES string of the molecule is C=C/C(=C\C=C\c1nc(-c2ccccc2)nc(-c2ccc(-c3ccc4c(c3)c3ccccc3n4-c3ccccc3)cc2)n1)c1ccc2ccccc2n1. The molecule has 5 heteroatoms. The van der Waals surface area contributed by atoms with Crippen molar-refractivity contribution in [3.63, 3.8) is 0 Å². The molecular weight excluding hydrogens is 647 g/mol. The fraction of sp³-hybridized carbons (Fsp3) is 0. The molecule has 9 aromatic rings. The van der Waals surface area contributed by atoms with Crippen LogP contribution in [0.5, 0.6) is 0 Å². The maximum atomic E-state index is 4.92. The zero-order valence-electron chi connectivity index (χ0n) is 28.8. The molecule has 0 fully saturated rings. The minimum absolute atomic E-state index is 0.560. The predicted octanol–water partition coefficient (Wildman–Crippen LogP) is 11.8. The van der Waals surface area contributed by atoms with Gasteiger partial charge in [0.15, 0.2) is 17.5 Å². The van der Waals surface area contributed by atoms with E-state index in [4.69, 9.17) is 19.9 Å². The van der Waals surface area contributed by atoms with Gasteiger partial charge in [-0.15, -0.1) is 0 Å². The Balaban J connectivity index is 1.06. The fourth-order valence-electron chi connectivity index (χ4n) is 6.85. The normalized spacial score (nSPS) is 11.9. The number of hydrogen-bond donors (Lipinski definition) is 0. The summed E-state index contributed by atoms with van der Waals surface area (Å²) in [5.74, 6) is 1.78. The molecule has 0 radical (unpaired) electrons. The van der Waals surface area contributed by atoms with Crippen molar-refractivity contribution < 1.29 is 0 Å². The molecule has 6 aromatic carbocycles. The van der Waals surface area contributed by atoms with Gasteiger partial charge in [-0.05, 0) is 65.2 Å². The monoisotopic (exact) mass is 679 g/mol. The van der Waals surface area contributed by atoms with Gasteiger partial charge in [0.1, 0.15) is 0 Å². The number of pyridine rings is 1. The van der Waals surface area contributed by atoms with Crippen LogP contribution in [-0.4, -0.2) is 24.5 Å². The largest absolute Gasteiger partial charge is 0.309 e. The van der Waals surface area contributed by atoms with E-state index in [0.717, 1.165) is 50.1 Å². The second-order valence-electron chi connectivity index (χ2n) is 12.8. The summed E-state index contributed by atoms with van der Waals surface area (Å²) < 4.78 is 2.34. The lowest BCUT2D eigenvalue weighted by Gasteiger charge is -2.09. The molecule has 250 valence electrons. The molecule has 0 saturated heterocycles. The Kier molecular flexibility index (Phi) is 8.27. The highest BCUT2D eigenvalue weighted by Crippen LogP contribution is 2.35. The van der Waals surface area contributed by atoms with Crippen LogP contribution in [0.4, 0.5) is 0 Å². The van der Waals surface area contributed by atoms with Crippen LogP contribution in [0.15, 0.2) is 189 Å². The van der Waals surface area contributed by atoms with Crippen LogP contribution in [0.3, 0.4) is 0 Å². The van der Waals surface area contributed by atoms with Crippen molar-refractivity contribution >= 4 is 44.4 Å². The molecule has 0 N–H and O–H groups in total. The minimum atomic E-state index is 0.560. The Morgan fingerprint density at radius 1 is 0.509 bits per heavy atom. The van der Waals surface area contributed by atoms with Crippen molar-refractivity contribution in [2.75, 3.05) is 0 Å². The molecule has 3 heterocycles. The van der Waals surface area contributed by atoms with Crippen molar-refractivity contribution in [2.45, 2.75) is 0 Å². The molecule has 53 heavy (non-hydrogen) atoms. The zero-order valence-corrected chi connectivity index (χ0v) is 28.8. The summed E-state index contributed by atoms with van der Waals surface area (Å²) in [6.45, 7) is 4.04. The molecule has 0 aliphatic carbocycles. The summed E-state index contributed by atoms with van der Waals surface area (Å²) in [4.78, 5) is 19.5. The Morgan fingerprint density at radius 2 is 1.15 bits per heavy atom. The van der Waals surface area contributed by atoms with Crippen LogP contribution in [-0.2, 0) is 0 Å². The van der Waals surface area contributed by atoms with Crippen molar-refractivity contribution in [2.24, 2.45) is 0 Å². The molecule has 0 spiro atoms. The summed E-state index contributed by atoms with van der Waals surface area (Å²) in [6, 6.07) is 56.5. The summed E-state index contributed by atoms with van der Waals surface area (Å²) in [6.07, 6.45) is 7.64. The number of benzene rings is 6. The van der Waals surface area contributed by atoms with E-state index in [1.54, 1.807) is 0 Å². The van der Waals surface area contributed by atoms with Gasteiger partial charge in [0.2, 0.25) is 0 Å². The molecule has 9 rings (SSSR count). The number of allylic oxidation sites excluding steroid dienone is 4. The molecule has 0 amide bonds. The Labute approximate surface area is 307 Å². The summed E-state index contributed by atoms with van der Waals surface area (Å²) in [5.41, 5.74) is 10.3. The second-order valence-corrected chi connectivity index (χ2v) is 12.8. The van der Waals surface area contributed by atoms with Gasteiger partial charge >= 0.3 is 0 Å². The van der Waals surface area contributed by atoms with E-state index in [-0.39, 0.29) is 0 Å². The third-order valence-electron chi connectivity index (χ3n) is 9.48. The molecule has 0 atom stereocenters. The number of aromatic nitrogens is 5. The third kappa shape index (κ3) is 6.21. The van der Waals surface area contributed by atoms with E-state index in [9.17, 15) is 0 Å². The highest BCUT2D eigenvalue weighted by molar-refractivity contribution is 6.10. The minimum Gasteiger partial charge on any atom is -0.309 e. The predicted molar refractivity (Wildman–Crippen MR) is 219 cm³/mol. The van der Waals surface area contributed by atoms with E-state index < -0.39 is 0 Å². The first-order valence-corrected chi connectivity index (χ1v) is 17.6. The van der Waals surface area contributed by atoms with Gasteiger partial charge in [0, 0.05) is 33.0 Å². The van der Waals surface area contributed by atoms with Crippen LogP contribution >= 0.6 is 0 Å². The summed E-state index contributed by atoms with van der Waals surface area (Å²) >= 11 is 0. The molecule has 0 bridgehead atoms. The van der Waals surface area contributed by atoms with E-state index >= 15 is 0 Å².